The number of carbonyl (C=O) groups is 1. The highest BCUT2D eigenvalue weighted by atomic mass is 16.5. The summed E-state index contributed by atoms with van der Waals surface area (Å²) in [6, 6.07) is 0. The molecule has 0 aromatic carbocycles. The Labute approximate surface area is 116 Å². The van der Waals surface area contributed by atoms with E-state index in [9.17, 15) is 4.79 Å². The van der Waals surface area contributed by atoms with E-state index in [1.54, 1.807) is 0 Å². The molecule has 2 aliphatic rings. The molecule has 1 saturated carbocycles. The van der Waals surface area contributed by atoms with Crippen LogP contribution in [-0.2, 0) is 9.53 Å². The highest BCUT2D eigenvalue weighted by Gasteiger charge is 2.48. The third-order valence-electron chi connectivity index (χ3n) is 5.00. The third-order valence-corrected chi connectivity index (χ3v) is 5.00. The molecule has 0 spiro atoms. The Bertz CT molecular complexity index is 313. The predicted octanol–water partition coefficient (Wildman–Crippen LogP) is 1.65. The smallest absolute Gasteiger partial charge is 0.326 e. The molecule has 0 aromatic rings. The normalized spacial score (nSPS) is 33.4. The zero-order chi connectivity index (χ0) is 13.9. The molecule has 4 nitrogen and oxygen atoms in total. The van der Waals surface area contributed by atoms with Crippen molar-refractivity contribution in [2.24, 2.45) is 11.8 Å². The first-order valence-electron chi connectivity index (χ1n) is 7.64. The van der Waals surface area contributed by atoms with Crippen molar-refractivity contribution in [3.8, 4) is 0 Å². The molecule has 1 saturated heterocycles. The minimum Gasteiger partial charge on any atom is -0.468 e. The summed E-state index contributed by atoms with van der Waals surface area (Å²) in [5.74, 6) is 1.27. The molecule has 0 bridgehead atoms. The summed E-state index contributed by atoms with van der Waals surface area (Å²) in [6.07, 6.45) is 4.32. The summed E-state index contributed by atoms with van der Waals surface area (Å²) >= 11 is 0. The van der Waals surface area contributed by atoms with E-state index < -0.39 is 0 Å². The molecule has 1 N–H and O–H groups in total. The van der Waals surface area contributed by atoms with Crippen molar-refractivity contribution in [2.75, 3.05) is 33.3 Å². The average Bonchev–Trinajstić information content (AvgIpc) is 2.47. The maximum atomic E-state index is 12.5. The SMILES string of the molecule is COC(=O)C1(N2CCNCC2)CCCC(C(C)C)C1. The van der Waals surface area contributed by atoms with E-state index in [4.69, 9.17) is 4.74 Å². The molecule has 2 fully saturated rings. The minimum atomic E-state index is -0.357. The van der Waals surface area contributed by atoms with Gasteiger partial charge in [-0.3, -0.25) is 9.69 Å². The van der Waals surface area contributed by atoms with E-state index in [-0.39, 0.29) is 11.5 Å². The van der Waals surface area contributed by atoms with E-state index in [2.05, 4.69) is 24.1 Å². The Hall–Kier alpha value is -0.610. The number of esters is 1. The number of piperazine rings is 1. The van der Waals surface area contributed by atoms with Gasteiger partial charge in [0.2, 0.25) is 0 Å². The molecule has 1 aliphatic carbocycles. The van der Waals surface area contributed by atoms with Gasteiger partial charge in [-0.05, 0) is 24.7 Å². The highest BCUT2D eigenvalue weighted by Crippen LogP contribution is 2.41. The van der Waals surface area contributed by atoms with Gasteiger partial charge in [0.25, 0.3) is 0 Å². The van der Waals surface area contributed by atoms with Gasteiger partial charge in [-0.1, -0.05) is 26.7 Å². The van der Waals surface area contributed by atoms with Crippen LogP contribution in [0.4, 0.5) is 0 Å². The predicted molar refractivity (Wildman–Crippen MR) is 76.0 cm³/mol. The van der Waals surface area contributed by atoms with Crippen LogP contribution in [0, 0.1) is 11.8 Å². The van der Waals surface area contributed by atoms with Gasteiger partial charge in [-0.25, -0.2) is 0 Å². The number of hydrogen-bond donors (Lipinski definition) is 1. The molecule has 1 heterocycles. The molecular formula is C15H28N2O2. The quantitative estimate of drug-likeness (QED) is 0.790. The topological polar surface area (TPSA) is 41.6 Å². The summed E-state index contributed by atoms with van der Waals surface area (Å²) in [4.78, 5) is 14.9. The standard InChI is InChI=1S/C15H28N2O2/c1-12(2)13-5-4-6-15(11-13,14(18)19-3)17-9-7-16-8-10-17/h12-13,16H,4-11H2,1-3H3. The van der Waals surface area contributed by atoms with Crippen LogP contribution >= 0.6 is 0 Å². The maximum Gasteiger partial charge on any atom is 0.326 e. The van der Waals surface area contributed by atoms with Crippen molar-refractivity contribution >= 4 is 5.97 Å². The fourth-order valence-electron chi connectivity index (χ4n) is 3.75. The molecule has 1 aliphatic heterocycles. The number of carbonyl (C=O) groups excluding carboxylic acids is 1. The van der Waals surface area contributed by atoms with Gasteiger partial charge >= 0.3 is 5.97 Å². The van der Waals surface area contributed by atoms with Crippen molar-refractivity contribution in [3.05, 3.63) is 0 Å². The van der Waals surface area contributed by atoms with E-state index in [0.717, 1.165) is 45.4 Å². The molecule has 2 rings (SSSR count). The molecule has 2 unspecified atom stereocenters. The van der Waals surface area contributed by atoms with Gasteiger partial charge in [0.1, 0.15) is 5.54 Å². The lowest BCUT2D eigenvalue weighted by Gasteiger charge is -2.48. The molecule has 0 aromatic heterocycles. The summed E-state index contributed by atoms with van der Waals surface area (Å²) in [5, 5.41) is 3.37. The van der Waals surface area contributed by atoms with Crippen LogP contribution in [0.1, 0.15) is 39.5 Å². The number of nitrogens with one attached hydrogen (secondary N) is 1. The van der Waals surface area contributed by atoms with E-state index >= 15 is 0 Å². The van der Waals surface area contributed by atoms with Crippen LogP contribution in [0.5, 0.6) is 0 Å². The fourth-order valence-corrected chi connectivity index (χ4v) is 3.75. The molecule has 110 valence electrons. The second kappa shape index (κ2) is 6.23. The van der Waals surface area contributed by atoms with Crippen LogP contribution in [0.25, 0.3) is 0 Å². The Morgan fingerprint density at radius 1 is 1.37 bits per heavy atom. The number of hydrogen-bond acceptors (Lipinski definition) is 4. The first kappa shape index (κ1) is 14.8. The second-order valence-corrected chi connectivity index (χ2v) is 6.36. The number of ether oxygens (including phenoxy) is 1. The number of methoxy groups -OCH3 is 1. The van der Waals surface area contributed by atoms with Gasteiger partial charge in [0, 0.05) is 26.2 Å². The van der Waals surface area contributed by atoms with Crippen LogP contribution in [0.2, 0.25) is 0 Å². The molecular weight excluding hydrogens is 240 g/mol. The third kappa shape index (κ3) is 2.95. The zero-order valence-corrected chi connectivity index (χ0v) is 12.6. The lowest BCUT2D eigenvalue weighted by Crippen LogP contribution is -2.62. The zero-order valence-electron chi connectivity index (χ0n) is 12.6. The molecule has 0 radical (unpaired) electrons. The van der Waals surface area contributed by atoms with Crippen molar-refractivity contribution in [3.63, 3.8) is 0 Å². The van der Waals surface area contributed by atoms with Crippen LogP contribution < -0.4 is 5.32 Å². The first-order chi connectivity index (χ1) is 9.10. The van der Waals surface area contributed by atoms with E-state index in [0.29, 0.717) is 11.8 Å². The van der Waals surface area contributed by atoms with Gasteiger partial charge in [-0.15, -0.1) is 0 Å². The Morgan fingerprint density at radius 2 is 2.05 bits per heavy atom. The van der Waals surface area contributed by atoms with E-state index in [1.807, 2.05) is 0 Å². The summed E-state index contributed by atoms with van der Waals surface area (Å²) in [5.41, 5.74) is -0.357. The van der Waals surface area contributed by atoms with Gasteiger partial charge in [0.15, 0.2) is 0 Å². The monoisotopic (exact) mass is 268 g/mol. The lowest BCUT2D eigenvalue weighted by molar-refractivity contribution is -0.160. The highest BCUT2D eigenvalue weighted by molar-refractivity contribution is 5.81. The molecule has 0 amide bonds. The molecule has 2 atom stereocenters. The van der Waals surface area contributed by atoms with Gasteiger partial charge in [-0.2, -0.15) is 0 Å². The van der Waals surface area contributed by atoms with Crippen LogP contribution in [-0.4, -0.2) is 49.7 Å². The summed E-state index contributed by atoms with van der Waals surface area (Å²) in [6.45, 7) is 8.42. The van der Waals surface area contributed by atoms with Crippen molar-refractivity contribution < 1.29 is 9.53 Å². The first-order valence-corrected chi connectivity index (χ1v) is 7.64. The largest absolute Gasteiger partial charge is 0.468 e. The number of nitrogens with zero attached hydrogens (tertiary/aromatic N) is 1. The minimum absolute atomic E-state index is 0.0141. The summed E-state index contributed by atoms with van der Waals surface area (Å²) in [7, 11) is 1.53. The fraction of sp³-hybridized carbons (Fsp3) is 0.933. The van der Waals surface area contributed by atoms with Crippen LogP contribution in [0.3, 0.4) is 0 Å². The van der Waals surface area contributed by atoms with Crippen molar-refractivity contribution in [1.82, 2.24) is 10.2 Å². The van der Waals surface area contributed by atoms with Crippen LogP contribution in [0.15, 0.2) is 0 Å². The molecule has 4 heteroatoms. The average molecular weight is 268 g/mol. The number of rotatable bonds is 3. The van der Waals surface area contributed by atoms with Gasteiger partial charge < -0.3 is 10.1 Å². The van der Waals surface area contributed by atoms with E-state index in [1.165, 1.54) is 13.5 Å². The molecule has 19 heavy (non-hydrogen) atoms. The van der Waals surface area contributed by atoms with Crippen molar-refractivity contribution in [1.29, 1.82) is 0 Å². The van der Waals surface area contributed by atoms with Gasteiger partial charge in [0.05, 0.1) is 7.11 Å². The lowest BCUT2D eigenvalue weighted by atomic mass is 9.70. The Kier molecular flexibility index (Phi) is 4.85. The Morgan fingerprint density at radius 3 is 2.63 bits per heavy atom. The Balaban J connectivity index is 2.20. The second-order valence-electron chi connectivity index (χ2n) is 6.36. The summed E-state index contributed by atoms with van der Waals surface area (Å²) < 4.78 is 5.17. The van der Waals surface area contributed by atoms with Crippen molar-refractivity contribution in [2.45, 2.75) is 45.1 Å². The maximum absolute atomic E-state index is 12.5.